The van der Waals surface area contributed by atoms with Gasteiger partial charge in [0, 0.05) is 12.5 Å². The number of ketones is 1. The zero-order valence-electron chi connectivity index (χ0n) is 9.18. The molecule has 0 saturated heterocycles. The van der Waals surface area contributed by atoms with Crippen LogP contribution in [0.2, 0.25) is 0 Å². The van der Waals surface area contributed by atoms with Gasteiger partial charge in [-0.2, -0.15) is 0 Å². The summed E-state index contributed by atoms with van der Waals surface area (Å²) in [6.45, 7) is 1.68. The Morgan fingerprint density at radius 2 is 2.00 bits per heavy atom. The molecule has 0 aliphatic rings. The van der Waals surface area contributed by atoms with Gasteiger partial charge < -0.3 is 14.9 Å². The molecular weight excluding hydrogens is 212 g/mol. The van der Waals surface area contributed by atoms with E-state index in [1.807, 2.05) is 0 Å². The highest BCUT2D eigenvalue weighted by molar-refractivity contribution is 5.97. The Labute approximate surface area is 94.0 Å². The maximum Gasteiger partial charge on any atom is 0.373 e. The van der Waals surface area contributed by atoms with Gasteiger partial charge in [-0.1, -0.05) is 12.2 Å². The first-order chi connectivity index (χ1) is 7.61. The normalized spacial score (nSPS) is 11.8. The molecule has 0 saturated carbocycles. The maximum absolute atomic E-state index is 11.2. The first kappa shape index (κ1) is 14.4. The zero-order valence-corrected chi connectivity index (χ0v) is 9.18. The second kappa shape index (κ2) is 8.67. The van der Waals surface area contributed by atoms with Crippen LogP contribution in [0.15, 0.2) is 24.0 Å². The van der Waals surface area contributed by atoms with E-state index < -0.39 is 11.7 Å². The summed E-state index contributed by atoms with van der Waals surface area (Å²) in [5.41, 5.74) is 0. The summed E-state index contributed by atoms with van der Waals surface area (Å²) >= 11 is 0. The van der Waals surface area contributed by atoms with Crippen molar-refractivity contribution in [2.75, 3.05) is 13.2 Å². The van der Waals surface area contributed by atoms with Crippen LogP contribution >= 0.6 is 0 Å². The summed E-state index contributed by atoms with van der Waals surface area (Å²) in [4.78, 5) is 22.1. The minimum absolute atomic E-state index is 0.0713. The summed E-state index contributed by atoms with van der Waals surface area (Å²) in [5, 5.41) is 17.6. The minimum atomic E-state index is -0.901. The third-order valence-corrected chi connectivity index (χ3v) is 1.61. The smallest absolute Gasteiger partial charge is 0.373 e. The first-order valence-electron chi connectivity index (χ1n) is 4.98. The van der Waals surface area contributed by atoms with Gasteiger partial charge in [0.15, 0.2) is 5.78 Å². The quantitative estimate of drug-likeness (QED) is 0.292. The number of rotatable bonds is 7. The van der Waals surface area contributed by atoms with Gasteiger partial charge in [0.25, 0.3) is 0 Å². The molecular formula is C11H16O5. The second-order valence-electron chi connectivity index (χ2n) is 2.91. The molecule has 5 heteroatoms. The Bertz CT molecular complexity index is 291. The molecule has 0 heterocycles. The van der Waals surface area contributed by atoms with Crippen molar-refractivity contribution in [3.63, 3.8) is 0 Å². The van der Waals surface area contributed by atoms with Crippen LogP contribution in [0, 0.1) is 0 Å². The van der Waals surface area contributed by atoms with E-state index in [1.54, 1.807) is 13.0 Å². The Morgan fingerprint density at radius 1 is 1.31 bits per heavy atom. The number of aliphatic hydroxyl groups is 2. The standard InChI is InChI=1S/C11H16O5/c1-2-16-11(15)10(14)8-9(13)6-4-3-5-7-12/h3,5,8,12,14H,2,4,6-7H2,1H3/b5-3-,10-8-. The molecule has 0 fully saturated rings. The topological polar surface area (TPSA) is 83.8 Å². The monoisotopic (exact) mass is 228 g/mol. The van der Waals surface area contributed by atoms with E-state index in [9.17, 15) is 9.59 Å². The van der Waals surface area contributed by atoms with Crippen molar-refractivity contribution in [1.82, 2.24) is 0 Å². The Kier molecular flexibility index (Phi) is 7.79. The minimum Gasteiger partial charge on any atom is -0.502 e. The van der Waals surface area contributed by atoms with Crippen molar-refractivity contribution < 1.29 is 24.5 Å². The average Bonchev–Trinajstić information content (AvgIpc) is 2.24. The van der Waals surface area contributed by atoms with E-state index in [-0.39, 0.29) is 25.4 Å². The van der Waals surface area contributed by atoms with E-state index >= 15 is 0 Å². The van der Waals surface area contributed by atoms with Gasteiger partial charge in [-0.3, -0.25) is 4.79 Å². The lowest BCUT2D eigenvalue weighted by Gasteiger charge is -1.99. The van der Waals surface area contributed by atoms with Crippen LogP contribution in [0.1, 0.15) is 19.8 Å². The summed E-state index contributed by atoms with van der Waals surface area (Å²) in [6, 6.07) is 0. The number of carbonyl (C=O) groups excluding carboxylic acids is 2. The molecule has 0 spiro atoms. The summed E-state index contributed by atoms with van der Waals surface area (Å²) < 4.78 is 4.49. The molecule has 0 unspecified atom stereocenters. The first-order valence-corrected chi connectivity index (χ1v) is 4.98. The van der Waals surface area contributed by atoms with Crippen molar-refractivity contribution in [2.24, 2.45) is 0 Å². The van der Waals surface area contributed by atoms with E-state index in [0.29, 0.717) is 6.42 Å². The van der Waals surface area contributed by atoms with Crippen molar-refractivity contribution >= 4 is 11.8 Å². The summed E-state index contributed by atoms with van der Waals surface area (Å²) in [5.74, 6) is -1.95. The molecule has 0 atom stereocenters. The van der Waals surface area contributed by atoms with E-state index in [2.05, 4.69) is 4.74 Å². The molecule has 0 aliphatic heterocycles. The van der Waals surface area contributed by atoms with Crippen LogP contribution in [-0.2, 0) is 14.3 Å². The molecule has 2 N–H and O–H groups in total. The highest BCUT2D eigenvalue weighted by atomic mass is 16.5. The Morgan fingerprint density at radius 3 is 2.56 bits per heavy atom. The molecule has 5 nitrogen and oxygen atoms in total. The van der Waals surface area contributed by atoms with Crippen molar-refractivity contribution in [3.05, 3.63) is 24.0 Å². The van der Waals surface area contributed by atoms with Crippen LogP contribution in [0.25, 0.3) is 0 Å². The van der Waals surface area contributed by atoms with Crippen LogP contribution in [0.5, 0.6) is 0 Å². The molecule has 0 aromatic heterocycles. The average molecular weight is 228 g/mol. The highest BCUT2D eigenvalue weighted by Crippen LogP contribution is 1.99. The number of hydrogen-bond acceptors (Lipinski definition) is 5. The number of esters is 1. The number of carbonyl (C=O) groups is 2. The van der Waals surface area contributed by atoms with Gasteiger partial charge in [0.05, 0.1) is 13.2 Å². The van der Waals surface area contributed by atoms with E-state index in [4.69, 9.17) is 10.2 Å². The van der Waals surface area contributed by atoms with Gasteiger partial charge in [0.2, 0.25) is 5.76 Å². The molecule has 16 heavy (non-hydrogen) atoms. The molecule has 0 radical (unpaired) electrons. The molecule has 0 bridgehead atoms. The van der Waals surface area contributed by atoms with Crippen molar-refractivity contribution in [3.8, 4) is 0 Å². The predicted octanol–water partition coefficient (Wildman–Crippen LogP) is 0.889. The Balaban J connectivity index is 4.05. The van der Waals surface area contributed by atoms with Gasteiger partial charge in [-0.05, 0) is 13.3 Å². The van der Waals surface area contributed by atoms with E-state index in [0.717, 1.165) is 6.08 Å². The van der Waals surface area contributed by atoms with Gasteiger partial charge in [-0.25, -0.2) is 4.79 Å². The number of aliphatic hydroxyl groups excluding tert-OH is 2. The maximum atomic E-state index is 11.2. The SMILES string of the molecule is CCOC(=O)/C(O)=C/C(=O)CC/C=C\CO. The molecule has 0 aliphatic carbocycles. The number of allylic oxidation sites excluding steroid dienone is 2. The molecule has 90 valence electrons. The second-order valence-corrected chi connectivity index (χ2v) is 2.91. The molecule has 0 rings (SSSR count). The Hall–Kier alpha value is -1.62. The van der Waals surface area contributed by atoms with Crippen LogP contribution in [-0.4, -0.2) is 35.2 Å². The van der Waals surface area contributed by atoms with Gasteiger partial charge >= 0.3 is 5.97 Å². The lowest BCUT2D eigenvalue weighted by Crippen LogP contribution is -2.09. The molecule has 0 amide bonds. The molecule has 0 aromatic carbocycles. The predicted molar refractivity (Wildman–Crippen MR) is 57.8 cm³/mol. The van der Waals surface area contributed by atoms with Crippen molar-refractivity contribution in [1.29, 1.82) is 0 Å². The summed E-state index contributed by atoms with van der Waals surface area (Å²) in [6.07, 6.45) is 4.63. The lowest BCUT2D eigenvalue weighted by molar-refractivity contribution is -0.141. The fourth-order valence-corrected chi connectivity index (χ4v) is 0.907. The van der Waals surface area contributed by atoms with Gasteiger partial charge in [-0.15, -0.1) is 0 Å². The molecule has 0 aromatic rings. The van der Waals surface area contributed by atoms with Crippen LogP contribution in [0.4, 0.5) is 0 Å². The number of ether oxygens (including phenoxy) is 1. The van der Waals surface area contributed by atoms with Crippen LogP contribution < -0.4 is 0 Å². The lowest BCUT2D eigenvalue weighted by atomic mass is 10.2. The van der Waals surface area contributed by atoms with E-state index in [1.165, 1.54) is 6.08 Å². The fourth-order valence-electron chi connectivity index (χ4n) is 0.907. The van der Waals surface area contributed by atoms with Crippen molar-refractivity contribution in [2.45, 2.75) is 19.8 Å². The number of hydrogen-bond donors (Lipinski definition) is 2. The third kappa shape index (κ3) is 6.78. The third-order valence-electron chi connectivity index (χ3n) is 1.61. The van der Waals surface area contributed by atoms with Crippen LogP contribution in [0.3, 0.4) is 0 Å². The fraction of sp³-hybridized carbons (Fsp3) is 0.455. The summed E-state index contributed by atoms with van der Waals surface area (Å²) in [7, 11) is 0. The highest BCUT2D eigenvalue weighted by Gasteiger charge is 2.09. The largest absolute Gasteiger partial charge is 0.502 e. The van der Waals surface area contributed by atoms with Gasteiger partial charge in [0.1, 0.15) is 0 Å². The zero-order chi connectivity index (χ0) is 12.4.